The molecule has 6 nitrogen and oxygen atoms in total. The number of hydrogen-bond acceptors (Lipinski definition) is 6. The Hall–Kier alpha value is -2.18. The molecule has 6 heteroatoms. The average molecular weight is 340 g/mol. The van der Waals surface area contributed by atoms with Gasteiger partial charge in [0, 0.05) is 37.8 Å². The van der Waals surface area contributed by atoms with Crippen LogP contribution in [-0.2, 0) is 9.47 Å². The van der Waals surface area contributed by atoms with Crippen molar-refractivity contribution in [2.24, 2.45) is 0 Å². The number of piperidine rings is 1. The monoisotopic (exact) mass is 340 g/mol. The largest absolute Gasteiger partial charge is 0.356 e. The normalized spacial score (nSPS) is 19.4. The molecule has 4 rings (SSSR count). The van der Waals surface area contributed by atoms with Gasteiger partial charge in [-0.15, -0.1) is 0 Å². The maximum Gasteiger partial charge on any atom is 0.229 e. The van der Waals surface area contributed by atoms with E-state index in [0.29, 0.717) is 19.2 Å². The molecule has 0 atom stereocenters. The van der Waals surface area contributed by atoms with Crippen LogP contribution in [0, 0.1) is 13.8 Å². The molecule has 3 heterocycles. The minimum absolute atomic E-state index is 0.358. The molecule has 0 radical (unpaired) electrons. The predicted molar refractivity (Wildman–Crippen MR) is 97.3 cm³/mol. The van der Waals surface area contributed by atoms with E-state index in [1.54, 1.807) is 0 Å². The molecule has 2 aliphatic rings. The maximum absolute atomic E-state index is 5.80. The van der Waals surface area contributed by atoms with Crippen LogP contribution >= 0.6 is 0 Å². The first-order valence-corrected chi connectivity index (χ1v) is 8.84. The van der Waals surface area contributed by atoms with Crippen LogP contribution in [0.5, 0.6) is 0 Å². The molecule has 0 saturated carbocycles. The lowest BCUT2D eigenvalue weighted by Crippen LogP contribution is -2.45. The number of nitrogens with zero attached hydrogens (tertiary/aromatic N) is 3. The maximum atomic E-state index is 5.80. The summed E-state index contributed by atoms with van der Waals surface area (Å²) in [6, 6.07) is 8.29. The Kier molecular flexibility index (Phi) is 4.31. The summed E-state index contributed by atoms with van der Waals surface area (Å²) >= 11 is 0. The van der Waals surface area contributed by atoms with Gasteiger partial charge in [0.2, 0.25) is 5.95 Å². The quantitative estimate of drug-likeness (QED) is 0.926. The van der Waals surface area contributed by atoms with Crippen molar-refractivity contribution in [1.29, 1.82) is 0 Å². The van der Waals surface area contributed by atoms with Crippen molar-refractivity contribution in [3.63, 3.8) is 0 Å². The van der Waals surface area contributed by atoms with Gasteiger partial charge >= 0.3 is 0 Å². The van der Waals surface area contributed by atoms with E-state index in [1.165, 1.54) is 11.1 Å². The predicted octanol–water partition coefficient (Wildman–Crippen LogP) is 3.18. The topological polar surface area (TPSA) is 59.5 Å². The summed E-state index contributed by atoms with van der Waals surface area (Å²) in [5.41, 5.74) is 3.43. The summed E-state index contributed by atoms with van der Waals surface area (Å²) in [7, 11) is 0. The van der Waals surface area contributed by atoms with Crippen LogP contribution in [0.25, 0.3) is 0 Å². The summed E-state index contributed by atoms with van der Waals surface area (Å²) in [6.45, 7) is 7.32. The Labute approximate surface area is 148 Å². The van der Waals surface area contributed by atoms with Crippen LogP contribution in [0.1, 0.15) is 24.0 Å². The number of nitrogens with one attached hydrogen (secondary N) is 1. The summed E-state index contributed by atoms with van der Waals surface area (Å²) < 4.78 is 11.6. The Morgan fingerprint density at radius 2 is 1.84 bits per heavy atom. The molecular formula is C19H24N4O2. The number of benzene rings is 1. The third-order valence-corrected chi connectivity index (χ3v) is 4.94. The Balaban J connectivity index is 1.47. The highest BCUT2D eigenvalue weighted by atomic mass is 16.7. The highest BCUT2D eigenvalue weighted by molar-refractivity contribution is 5.60. The van der Waals surface area contributed by atoms with Gasteiger partial charge in [-0.25, -0.2) is 4.98 Å². The van der Waals surface area contributed by atoms with Crippen molar-refractivity contribution in [1.82, 2.24) is 9.97 Å². The Bertz CT molecular complexity index is 749. The van der Waals surface area contributed by atoms with Crippen molar-refractivity contribution < 1.29 is 9.47 Å². The van der Waals surface area contributed by atoms with Gasteiger partial charge in [-0.2, -0.15) is 4.98 Å². The first-order chi connectivity index (χ1) is 12.1. The average Bonchev–Trinajstić information content (AvgIpc) is 3.07. The van der Waals surface area contributed by atoms with E-state index in [2.05, 4.69) is 47.2 Å². The first kappa shape index (κ1) is 16.3. The molecule has 0 amide bonds. The number of aromatic nitrogens is 2. The van der Waals surface area contributed by atoms with Crippen LogP contribution in [0.4, 0.5) is 17.5 Å². The van der Waals surface area contributed by atoms with E-state index < -0.39 is 0 Å². The fraction of sp³-hybridized carbons (Fsp3) is 0.474. The van der Waals surface area contributed by atoms with Gasteiger partial charge in [0.1, 0.15) is 5.82 Å². The highest BCUT2D eigenvalue weighted by Gasteiger charge is 2.40. The zero-order valence-electron chi connectivity index (χ0n) is 14.8. The van der Waals surface area contributed by atoms with Crippen molar-refractivity contribution in [2.75, 3.05) is 36.5 Å². The summed E-state index contributed by atoms with van der Waals surface area (Å²) in [6.07, 6.45) is 3.55. The third-order valence-electron chi connectivity index (χ3n) is 4.94. The van der Waals surface area contributed by atoms with Gasteiger partial charge in [0.25, 0.3) is 0 Å². The lowest BCUT2D eigenvalue weighted by Gasteiger charge is -2.38. The van der Waals surface area contributed by atoms with Crippen LogP contribution in [0.2, 0.25) is 0 Å². The zero-order valence-corrected chi connectivity index (χ0v) is 14.8. The fourth-order valence-electron chi connectivity index (χ4n) is 3.44. The second kappa shape index (κ2) is 6.61. The molecule has 2 saturated heterocycles. The molecule has 132 valence electrons. The van der Waals surface area contributed by atoms with E-state index in [1.807, 2.05) is 12.3 Å². The van der Waals surface area contributed by atoms with Crippen molar-refractivity contribution >= 4 is 17.5 Å². The van der Waals surface area contributed by atoms with Crippen LogP contribution in [0.3, 0.4) is 0 Å². The van der Waals surface area contributed by atoms with Gasteiger partial charge in [-0.05, 0) is 37.1 Å². The Morgan fingerprint density at radius 3 is 2.60 bits per heavy atom. The Morgan fingerprint density at radius 1 is 1.08 bits per heavy atom. The van der Waals surface area contributed by atoms with Crippen molar-refractivity contribution in [2.45, 2.75) is 32.5 Å². The molecule has 2 aliphatic heterocycles. The number of hydrogen-bond donors (Lipinski definition) is 1. The second-order valence-electron chi connectivity index (χ2n) is 6.78. The fourth-order valence-corrected chi connectivity index (χ4v) is 3.44. The SMILES string of the molecule is Cc1ccc(C)c(Nc2nccc(N3CCC4(CC3)OCCO4)n2)c1. The molecule has 1 aromatic carbocycles. The number of rotatable bonds is 3. The molecule has 1 N–H and O–H groups in total. The molecule has 1 spiro atoms. The van der Waals surface area contributed by atoms with E-state index in [0.717, 1.165) is 37.4 Å². The van der Waals surface area contributed by atoms with Gasteiger partial charge in [-0.1, -0.05) is 12.1 Å². The van der Waals surface area contributed by atoms with Crippen LogP contribution in [-0.4, -0.2) is 42.1 Å². The van der Waals surface area contributed by atoms with Gasteiger partial charge in [-0.3, -0.25) is 0 Å². The number of aryl methyl sites for hydroxylation is 2. The van der Waals surface area contributed by atoms with E-state index in [9.17, 15) is 0 Å². The van der Waals surface area contributed by atoms with Gasteiger partial charge in [0.15, 0.2) is 5.79 Å². The van der Waals surface area contributed by atoms with E-state index in [4.69, 9.17) is 14.5 Å². The molecule has 0 unspecified atom stereocenters. The molecule has 2 aromatic rings. The van der Waals surface area contributed by atoms with Crippen LogP contribution < -0.4 is 10.2 Å². The molecule has 1 aromatic heterocycles. The third kappa shape index (κ3) is 3.45. The standard InChI is InChI=1S/C19H24N4O2/c1-14-3-4-15(2)16(13-14)21-18-20-8-5-17(22-18)23-9-6-19(7-10-23)24-11-12-25-19/h3-5,8,13H,6-7,9-12H2,1-2H3,(H,20,21,22). The summed E-state index contributed by atoms with van der Waals surface area (Å²) in [4.78, 5) is 11.3. The highest BCUT2D eigenvalue weighted by Crippen LogP contribution is 2.33. The molecule has 0 bridgehead atoms. The smallest absolute Gasteiger partial charge is 0.229 e. The molecular weight excluding hydrogens is 316 g/mol. The van der Waals surface area contributed by atoms with Crippen molar-refractivity contribution in [3.8, 4) is 0 Å². The molecule has 2 fully saturated rings. The minimum atomic E-state index is -0.358. The summed E-state index contributed by atoms with van der Waals surface area (Å²) in [5.74, 6) is 1.21. The minimum Gasteiger partial charge on any atom is -0.356 e. The lowest BCUT2D eigenvalue weighted by molar-refractivity contribution is -0.169. The van der Waals surface area contributed by atoms with Crippen molar-refractivity contribution in [3.05, 3.63) is 41.6 Å². The second-order valence-corrected chi connectivity index (χ2v) is 6.78. The lowest BCUT2D eigenvalue weighted by atomic mass is 10.0. The van der Waals surface area contributed by atoms with Crippen LogP contribution in [0.15, 0.2) is 30.5 Å². The van der Waals surface area contributed by atoms with Gasteiger partial charge in [0.05, 0.1) is 13.2 Å². The molecule has 25 heavy (non-hydrogen) atoms. The van der Waals surface area contributed by atoms with Gasteiger partial charge < -0.3 is 19.7 Å². The number of ether oxygens (including phenoxy) is 2. The van der Waals surface area contributed by atoms with E-state index >= 15 is 0 Å². The summed E-state index contributed by atoms with van der Waals surface area (Å²) in [5, 5.41) is 3.34. The van der Waals surface area contributed by atoms with E-state index in [-0.39, 0.29) is 5.79 Å². The first-order valence-electron chi connectivity index (χ1n) is 8.84. The number of anilines is 3. The zero-order chi connectivity index (χ0) is 17.3. The molecule has 0 aliphatic carbocycles.